The van der Waals surface area contributed by atoms with Crippen LogP contribution in [0.5, 0.6) is 0 Å². The number of unbranched alkanes of at least 4 members (excludes halogenated alkanes) is 1. The van der Waals surface area contributed by atoms with Gasteiger partial charge in [0.1, 0.15) is 6.10 Å². The third kappa shape index (κ3) is 7.89. The molecule has 0 aromatic carbocycles. The predicted molar refractivity (Wildman–Crippen MR) is 53.8 cm³/mol. The number of aliphatic hydroxyl groups excluding tert-OH is 1. The quantitative estimate of drug-likeness (QED) is 0.498. The molecule has 0 rings (SSSR count). The fourth-order valence-corrected chi connectivity index (χ4v) is 2.10. The SMILES string of the molecule is O=S(=O)(CCCCCl)NCC(O)C(F)F. The number of hydrogen-bond donors (Lipinski definition) is 2. The molecule has 0 bridgehead atoms. The van der Waals surface area contributed by atoms with Crippen molar-refractivity contribution in [1.82, 2.24) is 4.72 Å². The van der Waals surface area contributed by atoms with E-state index in [1.807, 2.05) is 4.72 Å². The van der Waals surface area contributed by atoms with Crippen LogP contribution in [0, 0.1) is 0 Å². The van der Waals surface area contributed by atoms with E-state index in [0.717, 1.165) is 0 Å². The number of alkyl halides is 3. The van der Waals surface area contributed by atoms with Gasteiger partial charge in [0.15, 0.2) is 0 Å². The summed E-state index contributed by atoms with van der Waals surface area (Å²) in [4.78, 5) is 0. The maximum Gasteiger partial charge on any atom is 0.265 e. The average molecular weight is 266 g/mol. The second kappa shape index (κ2) is 7.32. The van der Waals surface area contributed by atoms with Gasteiger partial charge in [0, 0.05) is 12.4 Å². The van der Waals surface area contributed by atoms with Crippen LogP contribution in [0.25, 0.3) is 0 Å². The Hall–Kier alpha value is 0.0200. The van der Waals surface area contributed by atoms with Gasteiger partial charge in [-0.05, 0) is 12.8 Å². The third-order valence-corrected chi connectivity index (χ3v) is 3.30. The summed E-state index contributed by atoms with van der Waals surface area (Å²) >= 11 is 5.35. The largest absolute Gasteiger partial charge is 0.386 e. The number of nitrogens with one attached hydrogen (secondary N) is 1. The third-order valence-electron chi connectivity index (χ3n) is 1.60. The molecule has 8 heteroatoms. The Balaban J connectivity index is 3.84. The van der Waals surface area contributed by atoms with Gasteiger partial charge in [-0.3, -0.25) is 0 Å². The van der Waals surface area contributed by atoms with Gasteiger partial charge >= 0.3 is 0 Å². The maximum absolute atomic E-state index is 11.8. The lowest BCUT2D eigenvalue weighted by molar-refractivity contribution is -0.000450. The van der Waals surface area contributed by atoms with E-state index in [1.165, 1.54) is 0 Å². The minimum Gasteiger partial charge on any atom is -0.386 e. The summed E-state index contributed by atoms with van der Waals surface area (Å²) in [5.74, 6) is 0.185. The van der Waals surface area contributed by atoms with Crippen molar-refractivity contribution >= 4 is 21.6 Å². The van der Waals surface area contributed by atoms with Crippen LogP contribution in [0.15, 0.2) is 0 Å². The summed E-state index contributed by atoms with van der Waals surface area (Å²) in [6.07, 6.45) is -4.01. The van der Waals surface area contributed by atoms with Crippen molar-refractivity contribution in [2.75, 3.05) is 18.2 Å². The number of rotatable bonds is 8. The Bertz CT molecular complexity index is 261. The van der Waals surface area contributed by atoms with Crippen molar-refractivity contribution in [3.63, 3.8) is 0 Å². The highest BCUT2D eigenvalue weighted by molar-refractivity contribution is 7.89. The summed E-state index contributed by atoms with van der Waals surface area (Å²) in [6, 6.07) is 0. The molecule has 0 heterocycles. The van der Waals surface area contributed by atoms with Gasteiger partial charge in [-0.15, -0.1) is 11.6 Å². The molecule has 0 amide bonds. The van der Waals surface area contributed by atoms with Crippen LogP contribution < -0.4 is 4.72 Å². The molecule has 2 N–H and O–H groups in total. The molecule has 0 saturated heterocycles. The molecule has 0 aliphatic rings. The first-order valence-electron chi connectivity index (χ1n) is 4.38. The lowest BCUT2D eigenvalue weighted by atomic mass is 10.4. The van der Waals surface area contributed by atoms with Gasteiger partial charge in [0.2, 0.25) is 10.0 Å². The Morgan fingerprint density at radius 1 is 1.33 bits per heavy atom. The van der Waals surface area contributed by atoms with Crippen molar-refractivity contribution < 1.29 is 22.3 Å². The highest BCUT2D eigenvalue weighted by Crippen LogP contribution is 2.01. The fourth-order valence-electron chi connectivity index (χ4n) is 0.760. The number of halogens is 3. The lowest BCUT2D eigenvalue weighted by Gasteiger charge is -2.10. The van der Waals surface area contributed by atoms with E-state index in [9.17, 15) is 17.2 Å². The Kier molecular flexibility index (Phi) is 7.33. The summed E-state index contributed by atoms with van der Waals surface area (Å²) < 4.78 is 47.8. The molecule has 0 fully saturated rings. The van der Waals surface area contributed by atoms with Gasteiger partial charge in [-0.25, -0.2) is 21.9 Å². The van der Waals surface area contributed by atoms with Gasteiger partial charge in [-0.2, -0.15) is 0 Å². The number of aliphatic hydroxyl groups is 1. The summed E-state index contributed by atoms with van der Waals surface area (Å²) in [6.45, 7) is -0.666. The van der Waals surface area contributed by atoms with Crippen LogP contribution in [-0.2, 0) is 10.0 Å². The minimum absolute atomic E-state index is 0.171. The number of hydrogen-bond acceptors (Lipinski definition) is 3. The van der Waals surface area contributed by atoms with Crippen molar-refractivity contribution in [2.24, 2.45) is 0 Å². The Morgan fingerprint density at radius 3 is 2.40 bits per heavy atom. The van der Waals surface area contributed by atoms with Crippen LogP contribution in [0.3, 0.4) is 0 Å². The molecule has 0 aliphatic carbocycles. The van der Waals surface area contributed by atoms with E-state index in [4.69, 9.17) is 16.7 Å². The maximum atomic E-state index is 11.8. The lowest BCUT2D eigenvalue weighted by Crippen LogP contribution is -2.37. The van der Waals surface area contributed by atoms with Gasteiger partial charge in [0.25, 0.3) is 6.43 Å². The van der Waals surface area contributed by atoms with Crippen molar-refractivity contribution in [1.29, 1.82) is 0 Å². The zero-order valence-corrected chi connectivity index (χ0v) is 9.57. The Morgan fingerprint density at radius 2 is 1.93 bits per heavy atom. The normalized spacial score (nSPS) is 14.5. The first-order valence-corrected chi connectivity index (χ1v) is 6.57. The highest BCUT2D eigenvalue weighted by atomic mass is 35.5. The van der Waals surface area contributed by atoms with E-state index in [0.29, 0.717) is 18.7 Å². The second-order valence-corrected chi connectivity index (χ2v) is 5.27. The molecule has 15 heavy (non-hydrogen) atoms. The van der Waals surface area contributed by atoms with Crippen molar-refractivity contribution in [3.05, 3.63) is 0 Å². The molecular weight excluding hydrogens is 252 g/mol. The summed E-state index contributed by atoms with van der Waals surface area (Å²) in [5.41, 5.74) is 0. The molecule has 0 aromatic heterocycles. The highest BCUT2D eigenvalue weighted by Gasteiger charge is 2.19. The topological polar surface area (TPSA) is 66.4 Å². The summed E-state index contributed by atoms with van der Waals surface area (Å²) in [7, 11) is -3.58. The van der Waals surface area contributed by atoms with E-state index in [1.54, 1.807) is 0 Å². The molecule has 92 valence electrons. The molecule has 0 aliphatic heterocycles. The Labute approximate surface area is 92.7 Å². The fraction of sp³-hybridized carbons (Fsp3) is 1.00. The van der Waals surface area contributed by atoms with Crippen LogP contribution >= 0.6 is 11.6 Å². The molecule has 1 unspecified atom stereocenters. The van der Waals surface area contributed by atoms with Gasteiger partial charge in [-0.1, -0.05) is 0 Å². The zero-order valence-electron chi connectivity index (χ0n) is 8.00. The van der Waals surface area contributed by atoms with E-state index in [-0.39, 0.29) is 5.75 Å². The zero-order chi connectivity index (χ0) is 11.9. The molecule has 0 radical (unpaired) electrons. The van der Waals surface area contributed by atoms with Crippen LogP contribution in [0.2, 0.25) is 0 Å². The monoisotopic (exact) mass is 265 g/mol. The first-order chi connectivity index (χ1) is 6.89. The van der Waals surface area contributed by atoms with Gasteiger partial charge < -0.3 is 5.11 Å². The molecule has 0 spiro atoms. The van der Waals surface area contributed by atoms with E-state index >= 15 is 0 Å². The van der Waals surface area contributed by atoms with Gasteiger partial charge in [0.05, 0.1) is 5.75 Å². The summed E-state index contributed by atoms with van der Waals surface area (Å²) in [5, 5.41) is 8.66. The van der Waals surface area contributed by atoms with Crippen LogP contribution in [0.4, 0.5) is 8.78 Å². The smallest absolute Gasteiger partial charge is 0.265 e. The van der Waals surface area contributed by atoms with E-state index in [2.05, 4.69) is 0 Å². The minimum atomic E-state index is -3.58. The predicted octanol–water partition coefficient (Wildman–Crippen LogP) is 0.551. The van der Waals surface area contributed by atoms with Crippen LogP contribution in [-0.4, -0.2) is 44.2 Å². The average Bonchev–Trinajstić information content (AvgIpc) is 2.14. The van der Waals surface area contributed by atoms with Crippen LogP contribution in [0.1, 0.15) is 12.8 Å². The molecule has 4 nitrogen and oxygen atoms in total. The van der Waals surface area contributed by atoms with E-state index < -0.39 is 29.1 Å². The molecule has 0 aromatic rings. The van der Waals surface area contributed by atoms with Crippen molar-refractivity contribution in [2.45, 2.75) is 25.4 Å². The standard InChI is InChI=1S/C7H14ClF2NO3S/c8-3-1-2-4-15(13,14)11-5-6(12)7(9)10/h6-7,11-12H,1-5H2. The second-order valence-electron chi connectivity index (χ2n) is 2.97. The van der Waals surface area contributed by atoms with Crippen molar-refractivity contribution in [3.8, 4) is 0 Å². The molecule has 1 atom stereocenters. The molecular formula is C7H14ClF2NO3S. The molecule has 0 saturated carbocycles. The number of sulfonamides is 1. The first kappa shape index (κ1) is 15.0.